The molecule has 1 aromatic rings. The number of carboxylic acids is 1. The highest BCUT2D eigenvalue weighted by atomic mass is 32.1. The number of guanidine groups is 1. The Morgan fingerprint density at radius 1 is 0.830 bits per heavy atom. The molecule has 20 nitrogen and oxygen atoms in total. The Labute approximate surface area is 311 Å². The summed E-state index contributed by atoms with van der Waals surface area (Å²) in [7, 11) is 0. The van der Waals surface area contributed by atoms with E-state index in [1.165, 1.54) is 0 Å². The minimum atomic E-state index is -1.61. The van der Waals surface area contributed by atoms with Gasteiger partial charge in [-0.2, -0.15) is 12.6 Å². The number of hydrogen-bond donors (Lipinski definition) is 12. The molecule has 0 aliphatic carbocycles. The fraction of sp³-hybridized carbons (Fsp3) is 0.531. The number of thiol groups is 1. The summed E-state index contributed by atoms with van der Waals surface area (Å²) in [6.07, 6.45) is 0.639. The van der Waals surface area contributed by atoms with Gasteiger partial charge in [0.05, 0.1) is 19.5 Å². The number of aliphatic imine (C=N–C) groups is 1. The zero-order valence-corrected chi connectivity index (χ0v) is 30.0. The van der Waals surface area contributed by atoms with Gasteiger partial charge in [0.25, 0.3) is 0 Å². The average molecular weight is 764 g/mol. The van der Waals surface area contributed by atoms with Crippen molar-refractivity contribution in [1.82, 2.24) is 37.2 Å². The second kappa shape index (κ2) is 23.2. The largest absolute Gasteiger partial charge is 0.480 e. The highest BCUT2D eigenvalue weighted by molar-refractivity contribution is 7.80. The maximum Gasteiger partial charge on any atom is 0.327 e. The summed E-state index contributed by atoms with van der Waals surface area (Å²) in [5.74, 6) is -7.53. The van der Waals surface area contributed by atoms with Crippen LogP contribution in [0.5, 0.6) is 0 Å². The number of nitrogens with zero attached hydrogens (tertiary/aromatic N) is 1. The molecule has 53 heavy (non-hydrogen) atoms. The molecule has 0 saturated carbocycles. The van der Waals surface area contributed by atoms with E-state index < -0.39 is 97.0 Å². The Morgan fingerprint density at radius 3 is 2.06 bits per heavy atom. The Bertz CT molecular complexity index is 1480. The third-order valence-corrected chi connectivity index (χ3v) is 8.17. The number of carbonyl (C=O) groups is 8. The molecular weight excluding hydrogens is 714 g/mol. The van der Waals surface area contributed by atoms with E-state index in [1.807, 2.05) is 0 Å². The molecule has 0 aromatic heterocycles. The van der Waals surface area contributed by atoms with Gasteiger partial charge in [-0.05, 0) is 44.2 Å². The summed E-state index contributed by atoms with van der Waals surface area (Å²) >= 11 is 3.86. The third kappa shape index (κ3) is 16.6. The predicted octanol–water partition coefficient (Wildman–Crippen LogP) is -4.51. The number of unbranched alkanes of at least 4 members (excludes halogenated alkanes) is 1. The van der Waals surface area contributed by atoms with Gasteiger partial charge in [0, 0.05) is 18.7 Å². The van der Waals surface area contributed by atoms with E-state index in [-0.39, 0.29) is 43.9 Å². The van der Waals surface area contributed by atoms with Gasteiger partial charge in [0.15, 0.2) is 5.96 Å². The van der Waals surface area contributed by atoms with Crippen molar-refractivity contribution in [2.75, 3.05) is 31.9 Å². The van der Waals surface area contributed by atoms with Gasteiger partial charge in [0.1, 0.15) is 30.2 Å². The fourth-order valence-corrected chi connectivity index (χ4v) is 5.27. The first-order chi connectivity index (χ1) is 25.2. The van der Waals surface area contributed by atoms with E-state index in [0.29, 0.717) is 24.9 Å². The molecule has 0 unspecified atom stereocenters. The lowest BCUT2D eigenvalue weighted by Crippen LogP contribution is -2.58. The van der Waals surface area contributed by atoms with Crippen LogP contribution < -0.4 is 54.4 Å². The highest BCUT2D eigenvalue weighted by Gasteiger charge is 2.33. The summed E-state index contributed by atoms with van der Waals surface area (Å²) in [5.41, 5.74) is 17.1. The number of nitrogens with two attached hydrogens (primary N) is 3. The van der Waals surface area contributed by atoms with Crippen LogP contribution in [-0.2, 0) is 44.8 Å². The van der Waals surface area contributed by atoms with Gasteiger partial charge in [-0.3, -0.25) is 38.6 Å². The molecule has 1 saturated heterocycles. The lowest BCUT2D eigenvalue weighted by molar-refractivity contribution is -0.141. The molecule has 1 aliphatic heterocycles. The van der Waals surface area contributed by atoms with Crippen LogP contribution in [-0.4, -0.2) is 121 Å². The Morgan fingerprint density at radius 2 is 1.43 bits per heavy atom. The molecule has 1 aromatic carbocycles. The van der Waals surface area contributed by atoms with Crippen LogP contribution >= 0.6 is 12.6 Å². The first kappa shape index (κ1) is 43.7. The Hall–Kier alpha value is -5.44. The van der Waals surface area contributed by atoms with Crippen LogP contribution in [0.4, 0.5) is 0 Å². The summed E-state index contributed by atoms with van der Waals surface area (Å²) in [4.78, 5) is 108. The number of carboxylic acid groups (broad SMARTS) is 1. The molecule has 1 fully saturated rings. The van der Waals surface area contributed by atoms with Crippen molar-refractivity contribution in [3.05, 3.63) is 35.9 Å². The quantitative estimate of drug-likeness (QED) is 0.0309. The van der Waals surface area contributed by atoms with Crippen LogP contribution in [0.15, 0.2) is 35.3 Å². The number of benzene rings is 1. The summed E-state index contributed by atoms with van der Waals surface area (Å²) < 4.78 is 0. The van der Waals surface area contributed by atoms with Crippen LogP contribution in [0.25, 0.3) is 0 Å². The third-order valence-electron chi connectivity index (χ3n) is 7.80. The minimum absolute atomic E-state index is 0.0493. The maximum absolute atomic E-state index is 13.8. The molecule has 5 atom stereocenters. The molecule has 0 bridgehead atoms. The van der Waals surface area contributed by atoms with Crippen molar-refractivity contribution in [1.29, 1.82) is 0 Å². The lowest BCUT2D eigenvalue weighted by atomic mass is 10.0. The second-order valence-corrected chi connectivity index (χ2v) is 12.4. The van der Waals surface area contributed by atoms with Crippen molar-refractivity contribution in [2.24, 2.45) is 22.2 Å². The van der Waals surface area contributed by atoms with Crippen LogP contribution in [0.1, 0.15) is 44.1 Å². The van der Waals surface area contributed by atoms with Gasteiger partial charge in [-0.15, -0.1) is 0 Å². The van der Waals surface area contributed by atoms with Crippen LogP contribution in [0, 0.1) is 0 Å². The van der Waals surface area contributed by atoms with Crippen molar-refractivity contribution >= 4 is 65.9 Å². The number of amides is 7. The maximum atomic E-state index is 13.8. The molecule has 21 heteroatoms. The van der Waals surface area contributed by atoms with E-state index >= 15 is 0 Å². The number of carbonyl (C=O) groups excluding carboxylic acids is 7. The molecule has 0 spiro atoms. The first-order valence-electron chi connectivity index (χ1n) is 16.9. The monoisotopic (exact) mass is 763 g/mol. The molecular formula is C32H49N11O9S. The highest BCUT2D eigenvalue weighted by Crippen LogP contribution is 2.09. The molecule has 7 amide bonds. The van der Waals surface area contributed by atoms with Crippen LogP contribution in [0.2, 0.25) is 0 Å². The number of rotatable bonds is 17. The molecule has 1 heterocycles. The number of hydrogen-bond acceptors (Lipinski definition) is 11. The summed E-state index contributed by atoms with van der Waals surface area (Å²) in [5, 5.41) is 26.2. The molecule has 2 rings (SSSR count). The van der Waals surface area contributed by atoms with Gasteiger partial charge < -0.3 is 59.5 Å². The van der Waals surface area contributed by atoms with E-state index in [9.17, 15) is 38.4 Å². The van der Waals surface area contributed by atoms with Crippen molar-refractivity contribution < 1.29 is 43.5 Å². The van der Waals surface area contributed by atoms with Crippen molar-refractivity contribution in [3.8, 4) is 0 Å². The zero-order chi connectivity index (χ0) is 39.3. The Balaban J connectivity index is 2.42. The van der Waals surface area contributed by atoms with Crippen molar-refractivity contribution in [2.45, 2.75) is 75.2 Å². The number of nitrogens with one attached hydrogen (secondary N) is 7. The second-order valence-electron chi connectivity index (χ2n) is 12.1. The molecule has 292 valence electrons. The van der Waals surface area contributed by atoms with Gasteiger partial charge >= 0.3 is 5.97 Å². The lowest BCUT2D eigenvalue weighted by Gasteiger charge is -2.26. The smallest absolute Gasteiger partial charge is 0.327 e. The zero-order valence-electron chi connectivity index (χ0n) is 29.1. The molecule has 0 radical (unpaired) electrons. The van der Waals surface area contributed by atoms with E-state index in [0.717, 1.165) is 0 Å². The SMILES string of the molecule is NCCCC[C@@H]1NC(=O)[C@@H](Cc2ccccc2)NC(=O)[C@H](CC(=O)NCC(=O)N[C@H](CS)C(=O)O)NC(=O)CNC(=O)[C@H](CCCN=C(N)N)NC1=O. The van der Waals surface area contributed by atoms with E-state index in [2.05, 4.69) is 54.8 Å². The predicted molar refractivity (Wildman–Crippen MR) is 195 cm³/mol. The number of aliphatic carboxylic acids is 1. The van der Waals surface area contributed by atoms with Gasteiger partial charge in [-0.1, -0.05) is 30.3 Å². The van der Waals surface area contributed by atoms with Crippen LogP contribution in [0.3, 0.4) is 0 Å². The van der Waals surface area contributed by atoms with E-state index in [4.69, 9.17) is 22.3 Å². The topological polar surface area (TPSA) is 331 Å². The van der Waals surface area contributed by atoms with Crippen molar-refractivity contribution in [3.63, 3.8) is 0 Å². The standard InChI is InChI=1S/C32H49N11O9S/c33-11-5-4-9-20-28(48)41-19(10-6-12-36-32(34)35)27(47)38-16-26(46)39-22(14-24(44)37-15-25(45)40-23(17-53)31(51)52)30(50)43-21(29(49)42-20)13-18-7-2-1-3-8-18/h1-3,7-8,19-23,53H,4-6,9-17,33H2,(H,37,44)(H,38,47)(H,39,46)(H,40,45)(H,41,48)(H,42,49)(H,43,50)(H,51,52)(H4,34,35,36)/t19-,20-,21+,22-,23+/m0/s1. The molecule has 14 N–H and O–H groups in total. The van der Waals surface area contributed by atoms with Gasteiger partial charge in [-0.25, -0.2) is 4.79 Å². The summed E-state index contributed by atoms with van der Waals surface area (Å²) in [6, 6.07) is 2.05. The minimum Gasteiger partial charge on any atom is -0.480 e. The normalized spacial score (nSPS) is 20.5. The molecule has 1 aliphatic rings. The van der Waals surface area contributed by atoms with Gasteiger partial charge in [0.2, 0.25) is 41.4 Å². The average Bonchev–Trinajstić information content (AvgIpc) is 3.12. The Kier molecular flexibility index (Phi) is 19.1. The first-order valence-corrected chi connectivity index (χ1v) is 17.5. The fourth-order valence-electron chi connectivity index (χ4n) is 5.02. The summed E-state index contributed by atoms with van der Waals surface area (Å²) in [6.45, 7) is -0.874. The van der Waals surface area contributed by atoms with E-state index in [1.54, 1.807) is 30.3 Å².